The summed E-state index contributed by atoms with van der Waals surface area (Å²) in [5.41, 5.74) is 5.36. The van der Waals surface area contributed by atoms with Crippen LogP contribution >= 0.6 is 0 Å². The molecule has 0 radical (unpaired) electrons. The smallest absolute Gasteiger partial charge is 0.228 e. The van der Waals surface area contributed by atoms with E-state index in [9.17, 15) is 10.4 Å². The maximum absolute atomic E-state index is 10.1. The molecule has 1 fully saturated rings. The minimum atomic E-state index is 0.238. The van der Waals surface area contributed by atoms with Gasteiger partial charge in [-0.15, -0.1) is 0 Å². The highest BCUT2D eigenvalue weighted by molar-refractivity contribution is 5.90. The molecule has 1 saturated heterocycles. The Morgan fingerprint density at radius 1 is 1.26 bits per heavy atom. The maximum Gasteiger partial charge on any atom is 0.228 e. The average molecular weight is 473 g/mol. The molecule has 2 aliphatic rings. The second-order valence-corrected chi connectivity index (χ2v) is 8.71. The number of aryl methyl sites for hydroxylation is 1. The number of nitriles is 1. The lowest BCUT2D eigenvalue weighted by molar-refractivity contribution is 0.0359. The summed E-state index contributed by atoms with van der Waals surface area (Å²) in [7, 11) is 0. The zero-order chi connectivity index (χ0) is 24.4. The Bertz CT molecular complexity index is 1310. The van der Waals surface area contributed by atoms with Gasteiger partial charge in [-0.1, -0.05) is 0 Å². The Labute approximate surface area is 203 Å². The van der Waals surface area contributed by atoms with E-state index in [4.69, 9.17) is 4.74 Å². The van der Waals surface area contributed by atoms with E-state index in [1.54, 1.807) is 25.3 Å². The summed E-state index contributed by atoms with van der Waals surface area (Å²) in [5, 5.41) is 30.8. The Kier molecular flexibility index (Phi) is 6.35. The monoisotopic (exact) mass is 472 g/mol. The summed E-state index contributed by atoms with van der Waals surface area (Å²) in [6.45, 7) is 9.37. The molecule has 0 aliphatic carbocycles. The number of rotatable bonds is 6. The lowest BCUT2D eigenvalue weighted by Gasteiger charge is -2.26. The fourth-order valence-corrected chi connectivity index (χ4v) is 4.45. The predicted octanol–water partition coefficient (Wildman–Crippen LogP) is 3.31. The molecule has 2 aliphatic heterocycles. The Morgan fingerprint density at radius 2 is 2.09 bits per heavy atom. The Balaban J connectivity index is 1.36. The molecular weight excluding hydrogens is 444 g/mol. The van der Waals surface area contributed by atoms with Gasteiger partial charge in [-0.2, -0.15) is 10.4 Å². The Morgan fingerprint density at radius 3 is 2.86 bits per heavy atom. The highest BCUT2D eigenvalue weighted by atomic mass is 16.5. The van der Waals surface area contributed by atoms with Crippen molar-refractivity contribution in [2.45, 2.75) is 20.4 Å². The lowest BCUT2D eigenvalue weighted by Crippen LogP contribution is -2.38. The molecule has 5 rings (SSSR count). The van der Waals surface area contributed by atoms with Crippen LogP contribution in [-0.4, -0.2) is 69.1 Å². The largest absolute Gasteiger partial charge is 0.512 e. The predicted molar refractivity (Wildman–Crippen MR) is 133 cm³/mol. The van der Waals surface area contributed by atoms with Gasteiger partial charge in [-0.3, -0.25) is 9.58 Å². The van der Waals surface area contributed by atoms with Crippen molar-refractivity contribution in [3.63, 3.8) is 0 Å². The summed E-state index contributed by atoms with van der Waals surface area (Å²) >= 11 is 0. The molecule has 2 aromatic heterocycles. The molecule has 0 amide bonds. The van der Waals surface area contributed by atoms with Crippen LogP contribution in [0, 0.1) is 18.3 Å². The topological polar surface area (TPSA) is 124 Å². The van der Waals surface area contributed by atoms with Gasteiger partial charge in [0.1, 0.15) is 6.07 Å². The number of morpholine rings is 1. The highest BCUT2D eigenvalue weighted by Gasteiger charge is 2.23. The third kappa shape index (κ3) is 4.82. The molecule has 4 heterocycles. The molecule has 1 aromatic carbocycles. The standard InChI is InChI=1S/C25H28N8O2/c1-16-11-23(31-33(16)6-5-32-7-9-35-10-8-32)30-25-27-4-3-22(29-25)18-12-19(14-26)24-20(13-18)21(15-28-24)17(2)34/h3-4,11-13,28,34H,5-10,15H2,1-2H3,(H,27,29,30,31)/b21-17-. The van der Waals surface area contributed by atoms with E-state index < -0.39 is 0 Å². The minimum absolute atomic E-state index is 0.238. The first-order valence-corrected chi connectivity index (χ1v) is 11.7. The molecule has 0 bridgehead atoms. The molecule has 10 heteroatoms. The summed E-state index contributed by atoms with van der Waals surface area (Å²) in [6, 6.07) is 9.78. The summed E-state index contributed by atoms with van der Waals surface area (Å²) < 4.78 is 7.40. The second-order valence-electron chi connectivity index (χ2n) is 8.71. The van der Waals surface area contributed by atoms with Crippen LogP contribution in [0.2, 0.25) is 0 Å². The van der Waals surface area contributed by atoms with Crippen molar-refractivity contribution in [1.29, 1.82) is 5.26 Å². The Hall–Kier alpha value is -3.94. The van der Waals surface area contributed by atoms with Gasteiger partial charge >= 0.3 is 0 Å². The maximum atomic E-state index is 10.1. The van der Waals surface area contributed by atoms with Gasteiger partial charge in [0, 0.05) is 60.8 Å². The number of hydrogen-bond donors (Lipinski definition) is 3. The van der Waals surface area contributed by atoms with Crippen molar-refractivity contribution in [3.05, 3.63) is 53.0 Å². The number of nitrogens with one attached hydrogen (secondary N) is 2. The van der Waals surface area contributed by atoms with E-state index in [0.717, 1.165) is 67.5 Å². The summed E-state index contributed by atoms with van der Waals surface area (Å²) in [6.07, 6.45) is 1.68. The van der Waals surface area contributed by atoms with Gasteiger partial charge in [0.15, 0.2) is 5.82 Å². The normalized spacial score (nSPS) is 16.9. The molecule has 0 spiro atoms. The summed E-state index contributed by atoms with van der Waals surface area (Å²) in [4.78, 5) is 11.4. The first kappa shape index (κ1) is 22.8. The quantitative estimate of drug-likeness (QED) is 0.463. The van der Waals surface area contributed by atoms with Crippen molar-refractivity contribution in [2.75, 3.05) is 50.0 Å². The van der Waals surface area contributed by atoms with Crippen LogP contribution < -0.4 is 10.6 Å². The van der Waals surface area contributed by atoms with Gasteiger partial charge in [0.25, 0.3) is 0 Å². The van der Waals surface area contributed by atoms with Gasteiger partial charge in [-0.25, -0.2) is 9.97 Å². The van der Waals surface area contributed by atoms with Gasteiger partial charge in [-0.05, 0) is 32.0 Å². The zero-order valence-electron chi connectivity index (χ0n) is 19.9. The highest BCUT2D eigenvalue weighted by Crippen LogP contribution is 2.38. The molecule has 3 aromatic rings. The van der Waals surface area contributed by atoms with Crippen LogP contribution in [0.5, 0.6) is 0 Å². The number of anilines is 3. The van der Waals surface area contributed by atoms with E-state index >= 15 is 0 Å². The number of nitrogens with zero attached hydrogens (tertiary/aromatic N) is 6. The van der Waals surface area contributed by atoms with Crippen LogP contribution in [0.15, 0.2) is 36.2 Å². The van der Waals surface area contributed by atoms with Crippen LogP contribution in [0.3, 0.4) is 0 Å². The third-order valence-corrected chi connectivity index (χ3v) is 6.37. The van der Waals surface area contributed by atoms with Crippen LogP contribution in [0.25, 0.3) is 16.8 Å². The SMILES string of the molecule is C/C(O)=C1\CNc2c(C#N)cc(-c3ccnc(Nc4cc(C)n(CCN5CCOCC5)n4)n3)cc21. The van der Waals surface area contributed by atoms with Gasteiger partial charge < -0.3 is 20.5 Å². The number of benzene rings is 1. The van der Waals surface area contributed by atoms with Crippen molar-refractivity contribution in [1.82, 2.24) is 24.6 Å². The van der Waals surface area contributed by atoms with Crippen LogP contribution in [0.4, 0.5) is 17.5 Å². The van der Waals surface area contributed by atoms with Gasteiger partial charge in [0.2, 0.25) is 5.95 Å². The molecule has 3 N–H and O–H groups in total. The van der Waals surface area contributed by atoms with Crippen molar-refractivity contribution < 1.29 is 9.84 Å². The van der Waals surface area contributed by atoms with Gasteiger partial charge in [0.05, 0.1) is 42.5 Å². The molecule has 0 saturated carbocycles. The molecule has 35 heavy (non-hydrogen) atoms. The molecule has 0 atom stereocenters. The first-order chi connectivity index (χ1) is 17.0. The molecule has 10 nitrogen and oxygen atoms in total. The van der Waals surface area contributed by atoms with Crippen LogP contribution in [-0.2, 0) is 11.3 Å². The van der Waals surface area contributed by atoms with E-state index in [2.05, 4.69) is 36.7 Å². The zero-order valence-corrected chi connectivity index (χ0v) is 19.9. The molecule has 180 valence electrons. The third-order valence-electron chi connectivity index (χ3n) is 6.37. The number of ether oxygens (including phenoxy) is 1. The van der Waals surface area contributed by atoms with Crippen molar-refractivity contribution >= 4 is 23.0 Å². The number of aliphatic hydroxyl groups is 1. The number of allylic oxidation sites excluding steroid dienone is 1. The first-order valence-electron chi connectivity index (χ1n) is 11.7. The van der Waals surface area contributed by atoms with E-state index in [-0.39, 0.29) is 5.76 Å². The number of hydrogen-bond acceptors (Lipinski definition) is 9. The van der Waals surface area contributed by atoms with Crippen LogP contribution in [0.1, 0.15) is 23.7 Å². The van der Waals surface area contributed by atoms with E-state index in [0.29, 0.717) is 29.6 Å². The average Bonchev–Trinajstić information content (AvgIpc) is 3.46. The number of aromatic nitrogens is 4. The molecular formula is C25H28N8O2. The van der Waals surface area contributed by atoms with E-state index in [1.165, 1.54) is 0 Å². The fraction of sp³-hybridized carbons (Fsp3) is 0.360. The number of fused-ring (bicyclic) bond motifs is 1. The fourth-order valence-electron chi connectivity index (χ4n) is 4.45. The van der Waals surface area contributed by atoms with Crippen molar-refractivity contribution in [2.24, 2.45) is 0 Å². The van der Waals surface area contributed by atoms with Crippen molar-refractivity contribution in [3.8, 4) is 17.3 Å². The van der Waals surface area contributed by atoms with E-state index in [1.807, 2.05) is 23.7 Å². The number of aliphatic hydroxyl groups excluding tert-OH is 1. The lowest BCUT2D eigenvalue weighted by atomic mass is 9.98. The second kappa shape index (κ2) is 9.74. The minimum Gasteiger partial charge on any atom is -0.512 e. The summed E-state index contributed by atoms with van der Waals surface area (Å²) in [5.74, 6) is 1.34. The molecule has 0 unspecified atom stereocenters.